The highest BCUT2D eigenvalue weighted by Crippen LogP contribution is 2.28. The van der Waals surface area contributed by atoms with Gasteiger partial charge in [-0.2, -0.15) is 5.10 Å². The summed E-state index contributed by atoms with van der Waals surface area (Å²) < 4.78 is 14.8. The summed E-state index contributed by atoms with van der Waals surface area (Å²) in [5.74, 6) is 1.53. The zero-order valence-electron chi connectivity index (χ0n) is 19.2. The summed E-state index contributed by atoms with van der Waals surface area (Å²) in [5, 5.41) is 6.47. The van der Waals surface area contributed by atoms with E-state index in [4.69, 9.17) is 9.47 Å². The minimum absolute atomic E-state index is 0.606. The number of anilines is 1. The Morgan fingerprint density at radius 1 is 1.00 bits per heavy atom. The second-order valence-electron chi connectivity index (χ2n) is 7.88. The van der Waals surface area contributed by atoms with Gasteiger partial charge in [0, 0.05) is 28.7 Å². The Labute approximate surface area is 202 Å². The first kappa shape index (κ1) is 22.0. The number of rotatable bonds is 9. The van der Waals surface area contributed by atoms with E-state index in [2.05, 4.69) is 57.3 Å². The van der Waals surface area contributed by atoms with Crippen molar-refractivity contribution in [3.63, 3.8) is 0 Å². The molecule has 0 saturated heterocycles. The predicted molar refractivity (Wildman–Crippen MR) is 141 cm³/mol. The molecule has 5 rings (SSSR count). The predicted octanol–water partition coefficient (Wildman–Crippen LogP) is 6.48. The quantitative estimate of drug-likeness (QED) is 0.152. The molecule has 0 spiro atoms. The number of nitrogens with zero attached hydrogens (tertiary/aromatic N) is 3. The molecule has 5 aromatic rings. The molecule has 0 aliphatic heterocycles. The van der Waals surface area contributed by atoms with Gasteiger partial charge >= 0.3 is 0 Å². The topological polar surface area (TPSA) is 60.7 Å². The van der Waals surface area contributed by atoms with E-state index in [1.54, 1.807) is 18.4 Å². The molecule has 0 atom stereocenters. The number of para-hydroxylation sites is 4. The Hall–Kier alpha value is -3.84. The second-order valence-corrected chi connectivity index (χ2v) is 8.91. The molecule has 3 aromatic carbocycles. The van der Waals surface area contributed by atoms with Crippen LogP contribution < -0.4 is 14.9 Å². The summed E-state index contributed by atoms with van der Waals surface area (Å²) in [7, 11) is 1.66. The molecule has 0 bridgehead atoms. The van der Waals surface area contributed by atoms with Gasteiger partial charge in [-0.1, -0.05) is 53.8 Å². The third-order valence-corrected chi connectivity index (χ3v) is 6.72. The molecule has 0 fully saturated rings. The third-order valence-electron chi connectivity index (χ3n) is 5.78. The molecule has 0 unspecified atom stereocenters. The van der Waals surface area contributed by atoms with Crippen LogP contribution in [0.4, 0.5) is 5.13 Å². The molecule has 1 N–H and O–H groups in total. The van der Waals surface area contributed by atoms with Gasteiger partial charge in [0.15, 0.2) is 11.5 Å². The number of hydrogen-bond donors (Lipinski definition) is 1. The molecule has 34 heavy (non-hydrogen) atoms. The van der Waals surface area contributed by atoms with E-state index in [1.165, 1.54) is 16.6 Å². The maximum atomic E-state index is 5.97. The minimum Gasteiger partial charge on any atom is -0.493 e. The van der Waals surface area contributed by atoms with Gasteiger partial charge in [-0.3, -0.25) is 5.43 Å². The fraction of sp³-hybridized carbons (Fsp3) is 0.185. The molecule has 0 aliphatic carbocycles. The van der Waals surface area contributed by atoms with Gasteiger partial charge in [0.25, 0.3) is 0 Å². The summed E-state index contributed by atoms with van der Waals surface area (Å²) in [6, 6.07) is 24.3. The summed E-state index contributed by atoms with van der Waals surface area (Å²) in [6.07, 6.45) is 2.77. The Morgan fingerprint density at radius 3 is 2.62 bits per heavy atom. The summed E-state index contributed by atoms with van der Waals surface area (Å²) in [6.45, 7) is 3.59. The molecule has 0 radical (unpaired) electrons. The fourth-order valence-electron chi connectivity index (χ4n) is 4.12. The number of fused-ring (bicyclic) bond motifs is 2. The van der Waals surface area contributed by atoms with Crippen LogP contribution in [0.25, 0.3) is 21.1 Å². The van der Waals surface area contributed by atoms with Crippen molar-refractivity contribution >= 4 is 43.8 Å². The molecule has 0 aliphatic rings. The number of hydrogen-bond acceptors (Lipinski definition) is 6. The highest BCUT2D eigenvalue weighted by atomic mass is 32.1. The third kappa shape index (κ3) is 4.47. The number of nitrogens with one attached hydrogen (secondary N) is 1. The van der Waals surface area contributed by atoms with Gasteiger partial charge in [-0.15, -0.1) is 0 Å². The molecular formula is C27H26N4O2S. The van der Waals surface area contributed by atoms with Crippen molar-refractivity contribution < 1.29 is 9.47 Å². The first-order valence-corrected chi connectivity index (χ1v) is 12.0. The monoisotopic (exact) mass is 470 g/mol. The van der Waals surface area contributed by atoms with Crippen LogP contribution in [-0.2, 0) is 6.54 Å². The fourth-order valence-corrected chi connectivity index (χ4v) is 4.94. The minimum atomic E-state index is 0.606. The van der Waals surface area contributed by atoms with Crippen molar-refractivity contribution in [3.8, 4) is 11.5 Å². The molecule has 7 heteroatoms. The van der Waals surface area contributed by atoms with Crippen molar-refractivity contribution in [1.29, 1.82) is 0 Å². The van der Waals surface area contributed by atoms with Gasteiger partial charge < -0.3 is 14.0 Å². The van der Waals surface area contributed by atoms with Crippen LogP contribution in [0.15, 0.2) is 77.9 Å². The van der Waals surface area contributed by atoms with Crippen molar-refractivity contribution in [1.82, 2.24) is 9.55 Å². The lowest BCUT2D eigenvalue weighted by Gasteiger charge is -2.12. The molecule has 0 saturated carbocycles. The number of ether oxygens (including phenoxy) is 2. The number of aryl methyl sites for hydroxylation is 1. The molecular weight excluding hydrogens is 444 g/mol. The maximum absolute atomic E-state index is 5.97. The highest BCUT2D eigenvalue weighted by Gasteiger charge is 2.12. The normalized spacial score (nSPS) is 11.5. The SMILES string of the molecule is COc1ccccc1OCCCn1c(C)c(/C=N\Nc2nc3ccccc3s2)c2ccccc21. The Balaban J connectivity index is 1.30. The van der Waals surface area contributed by atoms with E-state index < -0.39 is 0 Å². The van der Waals surface area contributed by atoms with Crippen molar-refractivity contribution in [2.45, 2.75) is 19.9 Å². The highest BCUT2D eigenvalue weighted by molar-refractivity contribution is 7.22. The first-order chi connectivity index (χ1) is 16.7. The smallest absolute Gasteiger partial charge is 0.204 e. The van der Waals surface area contributed by atoms with Crippen molar-refractivity contribution in [2.75, 3.05) is 19.1 Å². The second kappa shape index (κ2) is 9.97. The van der Waals surface area contributed by atoms with Crippen LogP contribution in [-0.4, -0.2) is 29.5 Å². The van der Waals surface area contributed by atoms with Gasteiger partial charge in [0.1, 0.15) is 0 Å². The number of thiazole rings is 1. The van der Waals surface area contributed by atoms with Crippen LogP contribution in [0.5, 0.6) is 11.5 Å². The van der Waals surface area contributed by atoms with Crippen LogP contribution in [0, 0.1) is 6.92 Å². The van der Waals surface area contributed by atoms with Crippen LogP contribution in [0.1, 0.15) is 17.7 Å². The van der Waals surface area contributed by atoms with Crippen LogP contribution in [0.3, 0.4) is 0 Å². The van der Waals surface area contributed by atoms with Crippen LogP contribution >= 0.6 is 11.3 Å². The Morgan fingerprint density at radius 2 is 1.76 bits per heavy atom. The van der Waals surface area contributed by atoms with Crippen molar-refractivity contribution in [3.05, 3.63) is 84.1 Å². The number of aromatic nitrogens is 2. The zero-order chi connectivity index (χ0) is 23.3. The summed E-state index contributed by atoms with van der Waals surface area (Å²) in [4.78, 5) is 4.59. The van der Waals surface area contributed by atoms with E-state index in [1.807, 2.05) is 48.7 Å². The van der Waals surface area contributed by atoms with Gasteiger partial charge in [0.05, 0.1) is 30.1 Å². The standard InChI is InChI=1S/C27H26N4O2S/c1-19-21(18-28-30-27-29-22-11-4-8-15-26(22)34-27)20-10-3-5-12-23(20)31(19)16-9-17-33-25-14-7-6-13-24(25)32-2/h3-8,10-15,18H,9,16-17H2,1-2H3,(H,29,30)/b28-18-. The Bertz CT molecular complexity index is 1420. The van der Waals surface area contributed by atoms with E-state index >= 15 is 0 Å². The van der Waals surface area contributed by atoms with Gasteiger partial charge in [-0.25, -0.2) is 4.98 Å². The van der Waals surface area contributed by atoms with E-state index in [0.717, 1.165) is 45.4 Å². The summed E-state index contributed by atoms with van der Waals surface area (Å²) >= 11 is 1.60. The number of hydrazone groups is 1. The van der Waals surface area contributed by atoms with Crippen molar-refractivity contribution in [2.24, 2.45) is 5.10 Å². The van der Waals surface area contributed by atoms with E-state index in [0.29, 0.717) is 6.61 Å². The zero-order valence-corrected chi connectivity index (χ0v) is 20.0. The lowest BCUT2D eigenvalue weighted by Crippen LogP contribution is -2.06. The average Bonchev–Trinajstić information content (AvgIpc) is 3.40. The molecule has 2 heterocycles. The number of methoxy groups -OCH3 is 1. The summed E-state index contributed by atoms with van der Waals surface area (Å²) in [5.41, 5.74) is 7.55. The lowest BCUT2D eigenvalue weighted by atomic mass is 10.1. The maximum Gasteiger partial charge on any atom is 0.204 e. The molecule has 172 valence electrons. The Kier molecular flexibility index (Phi) is 6.44. The molecule has 6 nitrogen and oxygen atoms in total. The van der Waals surface area contributed by atoms with E-state index in [-0.39, 0.29) is 0 Å². The average molecular weight is 471 g/mol. The van der Waals surface area contributed by atoms with E-state index in [9.17, 15) is 0 Å². The largest absolute Gasteiger partial charge is 0.493 e. The van der Waals surface area contributed by atoms with Crippen LogP contribution in [0.2, 0.25) is 0 Å². The van der Waals surface area contributed by atoms with Gasteiger partial charge in [0.2, 0.25) is 5.13 Å². The number of benzene rings is 3. The van der Waals surface area contributed by atoms with Gasteiger partial charge in [-0.05, 0) is 43.7 Å². The molecule has 0 amide bonds. The first-order valence-electron chi connectivity index (χ1n) is 11.2. The lowest BCUT2D eigenvalue weighted by molar-refractivity contribution is 0.283. The molecule has 2 aromatic heterocycles.